The molecule has 0 atom stereocenters. The molecule has 4 nitrogen and oxygen atoms in total. The fraction of sp³-hybridized carbons (Fsp3) is 1.00. The Labute approximate surface area is 91.1 Å². The molecule has 1 aliphatic rings. The summed E-state index contributed by atoms with van der Waals surface area (Å²) in [5, 5.41) is 9.47. The average molecular weight is 215 g/mol. The summed E-state index contributed by atoms with van der Waals surface area (Å²) in [6, 6.07) is 0. The molecule has 0 spiro atoms. The van der Waals surface area contributed by atoms with Crippen LogP contribution in [0.25, 0.3) is 0 Å². The molecular weight excluding hydrogens is 194 g/mol. The normalized spacial score (nSPS) is 18.6. The minimum atomic E-state index is -0.674. The van der Waals surface area contributed by atoms with Crippen molar-refractivity contribution in [1.29, 1.82) is 0 Å². The second-order valence-electron chi connectivity index (χ2n) is 5.59. The third kappa shape index (κ3) is 4.06. The van der Waals surface area contributed by atoms with Crippen molar-refractivity contribution in [1.82, 2.24) is 0 Å². The highest BCUT2D eigenvalue weighted by Gasteiger charge is 2.46. The smallest absolute Gasteiger partial charge is 0.294 e. The van der Waals surface area contributed by atoms with E-state index in [1.165, 1.54) is 12.8 Å². The van der Waals surface area contributed by atoms with Gasteiger partial charge in [-0.3, -0.25) is 0 Å². The first-order chi connectivity index (χ1) is 6.89. The van der Waals surface area contributed by atoms with Gasteiger partial charge < -0.3 is 4.84 Å². The van der Waals surface area contributed by atoms with E-state index < -0.39 is 5.09 Å². The van der Waals surface area contributed by atoms with Crippen LogP contribution < -0.4 is 0 Å². The van der Waals surface area contributed by atoms with Crippen molar-refractivity contribution in [3.63, 3.8) is 0 Å². The summed E-state index contributed by atoms with van der Waals surface area (Å²) in [6.45, 7) is 6.94. The molecule has 0 N–H and O–H groups in total. The summed E-state index contributed by atoms with van der Waals surface area (Å²) in [7, 11) is 0. The van der Waals surface area contributed by atoms with Crippen LogP contribution in [0, 0.1) is 20.9 Å². The highest BCUT2D eigenvalue weighted by molar-refractivity contribution is 4.96. The topological polar surface area (TPSA) is 52.4 Å². The second-order valence-corrected chi connectivity index (χ2v) is 5.59. The van der Waals surface area contributed by atoms with E-state index in [1.807, 2.05) is 0 Å². The van der Waals surface area contributed by atoms with Crippen LogP contribution in [-0.2, 0) is 4.84 Å². The summed E-state index contributed by atoms with van der Waals surface area (Å²) >= 11 is 0. The van der Waals surface area contributed by atoms with Gasteiger partial charge in [-0.2, -0.15) is 0 Å². The van der Waals surface area contributed by atoms with Gasteiger partial charge >= 0.3 is 0 Å². The number of rotatable bonds is 7. The second kappa shape index (κ2) is 4.37. The summed E-state index contributed by atoms with van der Waals surface area (Å²) in [5.74, 6) is 0. The Morgan fingerprint density at radius 2 is 2.07 bits per heavy atom. The lowest BCUT2D eigenvalue weighted by atomic mass is 9.78. The van der Waals surface area contributed by atoms with E-state index in [9.17, 15) is 10.1 Å². The first kappa shape index (κ1) is 12.3. The molecule has 88 valence electrons. The van der Waals surface area contributed by atoms with Crippen LogP contribution in [-0.4, -0.2) is 11.7 Å². The van der Waals surface area contributed by atoms with Crippen molar-refractivity contribution >= 4 is 0 Å². The molecule has 4 heteroatoms. The van der Waals surface area contributed by atoms with Crippen molar-refractivity contribution in [2.75, 3.05) is 6.61 Å². The molecule has 0 radical (unpaired) electrons. The summed E-state index contributed by atoms with van der Waals surface area (Å²) < 4.78 is 0. The van der Waals surface area contributed by atoms with E-state index in [0.29, 0.717) is 0 Å². The molecule has 0 heterocycles. The lowest BCUT2D eigenvalue weighted by molar-refractivity contribution is -0.760. The molecule has 0 aromatic heterocycles. The van der Waals surface area contributed by atoms with Crippen LogP contribution in [0.1, 0.15) is 52.9 Å². The molecule has 1 fully saturated rings. The lowest BCUT2D eigenvalue weighted by Gasteiger charge is -2.29. The fourth-order valence-electron chi connectivity index (χ4n) is 2.52. The summed E-state index contributed by atoms with van der Waals surface area (Å²) in [4.78, 5) is 14.7. The van der Waals surface area contributed by atoms with Crippen molar-refractivity contribution in [3.05, 3.63) is 10.1 Å². The van der Waals surface area contributed by atoms with Crippen LogP contribution in [0.3, 0.4) is 0 Å². The first-order valence-electron chi connectivity index (χ1n) is 5.66. The van der Waals surface area contributed by atoms with Crippen molar-refractivity contribution in [3.8, 4) is 0 Å². The van der Waals surface area contributed by atoms with E-state index in [4.69, 9.17) is 0 Å². The average Bonchev–Trinajstić information content (AvgIpc) is 2.81. The molecule has 0 unspecified atom stereocenters. The standard InChI is InChI=1S/C11H21NO3/c1-4-5-10(2,3)8-11(6-7-11)9-15-12(13)14/h4-9H2,1-3H3. The number of nitrogens with zero attached hydrogens (tertiary/aromatic N) is 1. The molecule has 1 rings (SSSR count). The van der Waals surface area contributed by atoms with E-state index >= 15 is 0 Å². The molecule has 0 saturated heterocycles. The lowest BCUT2D eigenvalue weighted by Crippen LogP contribution is -2.22. The largest absolute Gasteiger partial charge is 0.313 e. The summed E-state index contributed by atoms with van der Waals surface area (Å²) in [6.07, 6.45) is 5.54. The van der Waals surface area contributed by atoms with Gasteiger partial charge in [0.15, 0.2) is 0 Å². The predicted octanol–water partition coefficient (Wildman–Crippen LogP) is 3.19. The molecule has 0 amide bonds. The van der Waals surface area contributed by atoms with E-state index in [2.05, 4.69) is 25.6 Å². The Bertz CT molecular complexity index is 234. The van der Waals surface area contributed by atoms with Crippen molar-refractivity contribution in [2.45, 2.75) is 52.9 Å². The Balaban J connectivity index is 2.39. The summed E-state index contributed by atoms with van der Waals surface area (Å²) in [5.41, 5.74) is 0.386. The fourth-order valence-corrected chi connectivity index (χ4v) is 2.52. The molecule has 15 heavy (non-hydrogen) atoms. The van der Waals surface area contributed by atoms with Gasteiger partial charge in [0.05, 0.1) is 0 Å². The van der Waals surface area contributed by atoms with E-state index in [0.717, 1.165) is 19.3 Å². The first-order valence-corrected chi connectivity index (χ1v) is 5.66. The van der Waals surface area contributed by atoms with Crippen LogP contribution in [0.15, 0.2) is 0 Å². The zero-order valence-electron chi connectivity index (χ0n) is 9.91. The molecule has 1 saturated carbocycles. The van der Waals surface area contributed by atoms with Crippen LogP contribution in [0.4, 0.5) is 0 Å². The van der Waals surface area contributed by atoms with Crippen LogP contribution in [0.5, 0.6) is 0 Å². The van der Waals surface area contributed by atoms with Gasteiger partial charge in [0.1, 0.15) is 6.61 Å². The third-order valence-electron chi connectivity index (χ3n) is 3.21. The predicted molar refractivity (Wildman–Crippen MR) is 57.9 cm³/mol. The minimum Gasteiger partial charge on any atom is -0.313 e. The van der Waals surface area contributed by atoms with Crippen molar-refractivity contribution < 1.29 is 9.92 Å². The Hall–Kier alpha value is -0.800. The van der Waals surface area contributed by atoms with Crippen LogP contribution in [0.2, 0.25) is 0 Å². The van der Waals surface area contributed by atoms with E-state index in [-0.39, 0.29) is 17.4 Å². The Kier molecular flexibility index (Phi) is 3.58. The highest BCUT2D eigenvalue weighted by Crippen LogP contribution is 2.54. The molecular formula is C11H21NO3. The Morgan fingerprint density at radius 3 is 2.47 bits per heavy atom. The van der Waals surface area contributed by atoms with Crippen molar-refractivity contribution in [2.24, 2.45) is 10.8 Å². The maximum absolute atomic E-state index is 10.1. The van der Waals surface area contributed by atoms with Gasteiger partial charge in [-0.1, -0.05) is 27.2 Å². The maximum Gasteiger partial charge on any atom is 0.294 e. The monoisotopic (exact) mass is 215 g/mol. The minimum absolute atomic E-state index is 0.103. The number of hydrogen-bond donors (Lipinski definition) is 0. The quantitative estimate of drug-likeness (QED) is 0.484. The van der Waals surface area contributed by atoms with Gasteiger partial charge in [-0.25, -0.2) is 0 Å². The zero-order chi connectivity index (χ0) is 11.5. The van der Waals surface area contributed by atoms with Gasteiger partial charge in [0.25, 0.3) is 5.09 Å². The molecule has 0 aromatic rings. The molecule has 1 aliphatic carbocycles. The van der Waals surface area contributed by atoms with Gasteiger partial charge in [-0.15, -0.1) is 10.1 Å². The highest BCUT2D eigenvalue weighted by atomic mass is 16.9. The van der Waals surface area contributed by atoms with Gasteiger partial charge in [-0.05, 0) is 36.5 Å². The zero-order valence-corrected chi connectivity index (χ0v) is 9.91. The molecule has 0 aliphatic heterocycles. The van der Waals surface area contributed by atoms with E-state index in [1.54, 1.807) is 0 Å². The number of hydrogen-bond acceptors (Lipinski definition) is 3. The SMILES string of the molecule is CCCC(C)(C)CC1(CO[N+](=O)[O-])CC1. The maximum atomic E-state index is 10.1. The molecule has 0 bridgehead atoms. The Morgan fingerprint density at radius 1 is 1.47 bits per heavy atom. The molecule has 0 aromatic carbocycles. The van der Waals surface area contributed by atoms with Gasteiger partial charge in [0, 0.05) is 0 Å². The van der Waals surface area contributed by atoms with Crippen LogP contribution >= 0.6 is 0 Å². The third-order valence-corrected chi connectivity index (χ3v) is 3.21. The van der Waals surface area contributed by atoms with Gasteiger partial charge in [0.2, 0.25) is 0 Å².